The van der Waals surface area contributed by atoms with Crippen molar-refractivity contribution in [2.75, 3.05) is 0 Å². The fraction of sp³-hybridized carbons (Fsp3) is 0. The second kappa shape index (κ2) is 6.60. The Morgan fingerprint density at radius 3 is 1.88 bits per heavy atom. The molecule has 0 saturated carbocycles. The maximum Gasteiger partial charge on any atom is 0.0544 e. The van der Waals surface area contributed by atoms with Gasteiger partial charge >= 0.3 is 0 Å². The number of aromatic nitrogens is 2. The highest BCUT2D eigenvalue weighted by Crippen LogP contribution is 2.36. The molecule has 0 bridgehead atoms. The van der Waals surface area contributed by atoms with Crippen LogP contribution in [0, 0.1) is 0 Å². The van der Waals surface area contributed by atoms with Crippen molar-refractivity contribution in [3.8, 4) is 22.3 Å². The number of aromatic amines is 2. The van der Waals surface area contributed by atoms with E-state index in [-0.39, 0.29) is 0 Å². The molecule has 0 aliphatic carbocycles. The monoisotopic (exact) mass is 408 g/mol. The predicted octanol–water partition coefficient (Wildman–Crippen LogP) is 8.29. The number of benzene rings is 5. The highest BCUT2D eigenvalue weighted by molar-refractivity contribution is 6.14. The first-order valence-corrected chi connectivity index (χ1v) is 11.0. The summed E-state index contributed by atoms with van der Waals surface area (Å²) in [5, 5.41) is 5.05. The molecule has 7 aromatic rings. The molecule has 32 heavy (non-hydrogen) atoms. The molecule has 0 amide bonds. The zero-order valence-corrected chi connectivity index (χ0v) is 17.4. The SMILES string of the molecule is c1ccc(-c2ccc3[nH]c4ccc(-c5cccc6c5[nH]c5ccccc56)cc4c3c2)cc1. The quantitative estimate of drug-likeness (QED) is 0.288. The number of hydrogen-bond acceptors (Lipinski definition) is 0. The molecule has 7 rings (SSSR count). The van der Waals surface area contributed by atoms with Crippen LogP contribution in [0.3, 0.4) is 0 Å². The summed E-state index contributed by atoms with van der Waals surface area (Å²) in [6.45, 7) is 0. The highest BCUT2D eigenvalue weighted by atomic mass is 14.7. The molecule has 2 N–H and O–H groups in total. The Balaban J connectivity index is 1.47. The molecule has 150 valence electrons. The summed E-state index contributed by atoms with van der Waals surface area (Å²) in [7, 11) is 0. The van der Waals surface area contributed by atoms with E-state index in [9.17, 15) is 0 Å². The van der Waals surface area contributed by atoms with Gasteiger partial charge in [0.1, 0.15) is 0 Å². The molecule has 0 unspecified atom stereocenters. The zero-order chi connectivity index (χ0) is 21.1. The first-order valence-electron chi connectivity index (χ1n) is 11.0. The first-order chi connectivity index (χ1) is 15.8. The number of fused-ring (bicyclic) bond motifs is 6. The van der Waals surface area contributed by atoms with Crippen LogP contribution in [0.5, 0.6) is 0 Å². The molecular formula is C30H20N2. The standard InChI is InChI=1S/C30H20N2/c1-2-7-19(8-3-1)20-13-15-28-25(17-20)26-18-21(14-16-29(26)31-28)22-10-6-11-24-23-9-4-5-12-27(23)32-30(22)24/h1-18,31-32H. The Morgan fingerprint density at radius 1 is 0.375 bits per heavy atom. The van der Waals surface area contributed by atoms with Crippen LogP contribution in [0.2, 0.25) is 0 Å². The third kappa shape index (κ3) is 2.53. The summed E-state index contributed by atoms with van der Waals surface area (Å²) < 4.78 is 0. The Labute approximate surface area is 185 Å². The molecule has 2 nitrogen and oxygen atoms in total. The van der Waals surface area contributed by atoms with Gasteiger partial charge in [0.05, 0.1) is 5.52 Å². The summed E-state index contributed by atoms with van der Waals surface area (Å²) in [4.78, 5) is 7.23. The lowest BCUT2D eigenvalue weighted by molar-refractivity contribution is 1.53. The number of hydrogen-bond donors (Lipinski definition) is 2. The zero-order valence-electron chi connectivity index (χ0n) is 17.4. The second-order valence-corrected chi connectivity index (χ2v) is 8.41. The number of rotatable bonds is 2. The van der Waals surface area contributed by atoms with Crippen molar-refractivity contribution in [3.63, 3.8) is 0 Å². The molecule has 2 aromatic heterocycles. The van der Waals surface area contributed by atoms with E-state index in [2.05, 4.69) is 119 Å². The smallest absolute Gasteiger partial charge is 0.0544 e. The van der Waals surface area contributed by atoms with E-state index in [1.165, 1.54) is 60.3 Å². The Hall–Kier alpha value is -4.30. The first kappa shape index (κ1) is 17.4. The minimum atomic E-state index is 1.16. The van der Waals surface area contributed by atoms with Gasteiger partial charge in [-0.25, -0.2) is 0 Å². The average Bonchev–Trinajstić information content (AvgIpc) is 3.42. The molecule has 0 aliphatic heterocycles. The normalized spacial score (nSPS) is 11.8. The molecule has 5 aromatic carbocycles. The topological polar surface area (TPSA) is 31.6 Å². The van der Waals surface area contributed by atoms with Crippen molar-refractivity contribution in [1.82, 2.24) is 9.97 Å². The third-order valence-corrected chi connectivity index (χ3v) is 6.56. The highest BCUT2D eigenvalue weighted by Gasteiger charge is 2.12. The Bertz CT molecular complexity index is 1770. The molecule has 0 radical (unpaired) electrons. The van der Waals surface area contributed by atoms with Gasteiger partial charge in [0.25, 0.3) is 0 Å². The van der Waals surface area contributed by atoms with Crippen LogP contribution in [0.15, 0.2) is 109 Å². The number of nitrogens with one attached hydrogen (secondary N) is 2. The summed E-state index contributed by atoms with van der Waals surface area (Å²) in [5.74, 6) is 0. The second-order valence-electron chi connectivity index (χ2n) is 8.41. The van der Waals surface area contributed by atoms with Crippen molar-refractivity contribution < 1.29 is 0 Å². The van der Waals surface area contributed by atoms with Crippen molar-refractivity contribution in [1.29, 1.82) is 0 Å². The maximum atomic E-state index is 3.65. The average molecular weight is 409 g/mol. The lowest BCUT2D eigenvalue weighted by Gasteiger charge is -2.05. The fourth-order valence-electron chi connectivity index (χ4n) is 4.99. The van der Waals surface area contributed by atoms with Gasteiger partial charge in [0.2, 0.25) is 0 Å². The van der Waals surface area contributed by atoms with Gasteiger partial charge in [0.15, 0.2) is 0 Å². The van der Waals surface area contributed by atoms with Gasteiger partial charge in [-0.2, -0.15) is 0 Å². The van der Waals surface area contributed by atoms with Crippen LogP contribution in [0.4, 0.5) is 0 Å². The third-order valence-electron chi connectivity index (χ3n) is 6.56. The van der Waals surface area contributed by atoms with Gasteiger partial charge in [0, 0.05) is 43.7 Å². The minimum Gasteiger partial charge on any atom is -0.355 e. The van der Waals surface area contributed by atoms with Crippen LogP contribution in [0.1, 0.15) is 0 Å². The summed E-state index contributed by atoms with van der Waals surface area (Å²) >= 11 is 0. The number of H-pyrrole nitrogens is 2. The van der Waals surface area contributed by atoms with Crippen LogP contribution in [0.25, 0.3) is 65.9 Å². The minimum absolute atomic E-state index is 1.16. The maximum absolute atomic E-state index is 3.65. The van der Waals surface area contributed by atoms with E-state index >= 15 is 0 Å². The molecule has 0 saturated heterocycles. The van der Waals surface area contributed by atoms with Gasteiger partial charge < -0.3 is 9.97 Å². The molecule has 0 fully saturated rings. The lowest BCUT2D eigenvalue weighted by Crippen LogP contribution is -1.81. The molecule has 2 heteroatoms. The van der Waals surface area contributed by atoms with E-state index in [0.29, 0.717) is 0 Å². The van der Waals surface area contributed by atoms with E-state index < -0.39 is 0 Å². The summed E-state index contributed by atoms with van der Waals surface area (Å²) in [5.41, 5.74) is 9.63. The van der Waals surface area contributed by atoms with Crippen molar-refractivity contribution >= 4 is 43.6 Å². The Morgan fingerprint density at radius 2 is 1.03 bits per heavy atom. The van der Waals surface area contributed by atoms with Gasteiger partial charge in [-0.1, -0.05) is 78.9 Å². The molecule has 0 spiro atoms. The van der Waals surface area contributed by atoms with Crippen LogP contribution in [-0.4, -0.2) is 9.97 Å². The largest absolute Gasteiger partial charge is 0.355 e. The lowest BCUT2D eigenvalue weighted by atomic mass is 9.99. The van der Waals surface area contributed by atoms with E-state index in [4.69, 9.17) is 0 Å². The van der Waals surface area contributed by atoms with Gasteiger partial charge in [-0.15, -0.1) is 0 Å². The Kier molecular flexibility index (Phi) is 3.58. The van der Waals surface area contributed by atoms with Crippen molar-refractivity contribution in [2.24, 2.45) is 0 Å². The molecule has 0 atom stereocenters. The van der Waals surface area contributed by atoms with Gasteiger partial charge in [-0.05, 0) is 47.0 Å². The van der Waals surface area contributed by atoms with Crippen LogP contribution >= 0.6 is 0 Å². The van der Waals surface area contributed by atoms with Crippen molar-refractivity contribution in [2.45, 2.75) is 0 Å². The fourth-order valence-corrected chi connectivity index (χ4v) is 4.99. The van der Waals surface area contributed by atoms with Gasteiger partial charge in [-0.3, -0.25) is 0 Å². The summed E-state index contributed by atoms with van der Waals surface area (Å²) in [6, 6.07) is 39.1. The van der Waals surface area contributed by atoms with Crippen LogP contribution < -0.4 is 0 Å². The van der Waals surface area contributed by atoms with E-state index in [1.54, 1.807) is 0 Å². The predicted molar refractivity (Wildman–Crippen MR) is 136 cm³/mol. The molecular weight excluding hydrogens is 388 g/mol. The van der Waals surface area contributed by atoms with E-state index in [0.717, 1.165) is 5.52 Å². The molecule has 0 aliphatic rings. The summed E-state index contributed by atoms with van der Waals surface area (Å²) in [6.07, 6.45) is 0. The van der Waals surface area contributed by atoms with E-state index in [1.807, 2.05) is 0 Å². The molecule has 2 heterocycles. The van der Waals surface area contributed by atoms with Crippen molar-refractivity contribution in [3.05, 3.63) is 109 Å². The number of para-hydroxylation sites is 2. The van der Waals surface area contributed by atoms with Crippen LogP contribution in [-0.2, 0) is 0 Å².